The second-order valence-electron chi connectivity index (χ2n) is 5.16. The number of hydrogen-bond donors (Lipinski definition) is 4. The number of rotatable bonds is 4. The SMILES string of the molecule is CC(O)(O)N(c1ccc(-c2nc(Cl)cc(Cl)n2)cc1)C(C)(O)O. The summed E-state index contributed by atoms with van der Waals surface area (Å²) in [6.45, 7) is 2.01. The Labute approximate surface area is 142 Å². The van der Waals surface area contributed by atoms with Crippen LogP contribution in [0.1, 0.15) is 13.8 Å². The van der Waals surface area contributed by atoms with E-state index in [9.17, 15) is 20.4 Å². The number of hydrogen-bond acceptors (Lipinski definition) is 7. The third kappa shape index (κ3) is 4.29. The lowest BCUT2D eigenvalue weighted by molar-refractivity contribution is -0.234. The van der Waals surface area contributed by atoms with E-state index in [0.717, 1.165) is 13.8 Å². The number of halogens is 2. The molecule has 1 aromatic heterocycles. The van der Waals surface area contributed by atoms with E-state index >= 15 is 0 Å². The minimum absolute atomic E-state index is 0.155. The van der Waals surface area contributed by atoms with Crippen molar-refractivity contribution in [2.24, 2.45) is 0 Å². The van der Waals surface area contributed by atoms with E-state index in [0.29, 0.717) is 10.5 Å². The van der Waals surface area contributed by atoms with Gasteiger partial charge in [-0.1, -0.05) is 23.2 Å². The molecule has 7 nitrogen and oxygen atoms in total. The van der Waals surface area contributed by atoms with E-state index in [1.807, 2.05) is 0 Å². The monoisotopic (exact) mass is 359 g/mol. The van der Waals surface area contributed by atoms with E-state index in [1.54, 1.807) is 12.1 Å². The molecule has 0 spiro atoms. The molecule has 23 heavy (non-hydrogen) atoms. The molecule has 0 saturated heterocycles. The van der Waals surface area contributed by atoms with Crippen molar-refractivity contribution in [3.8, 4) is 11.4 Å². The van der Waals surface area contributed by atoms with Gasteiger partial charge in [0.15, 0.2) is 5.82 Å². The lowest BCUT2D eigenvalue weighted by atomic mass is 10.1. The molecule has 2 aromatic rings. The first-order chi connectivity index (χ1) is 10.5. The van der Waals surface area contributed by atoms with Crippen LogP contribution in [0.2, 0.25) is 10.3 Å². The summed E-state index contributed by atoms with van der Waals surface area (Å²) in [6.07, 6.45) is 0. The molecule has 0 fully saturated rings. The lowest BCUT2D eigenvalue weighted by Gasteiger charge is -2.41. The molecule has 0 aliphatic rings. The molecule has 1 aromatic carbocycles. The fraction of sp³-hybridized carbons (Fsp3) is 0.286. The van der Waals surface area contributed by atoms with Crippen LogP contribution < -0.4 is 4.90 Å². The second kappa shape index (κ2) is 6.20. The van der Waals surface area contributed by atoms with E-state index < -0.39 is 11.8 Å². The lowest BCUT2D eigenvalue weighted by Crippen LogP contribution is -2.59. The third-order valence-electron chi connectivity index (χ3n) is 2.89. The Morgan fingerprint density at radius 3 is 1.70 bits per heavy atom. The highest BCUT2D eigenvalue weighted by atomic mass is 35.5. The molecular formula is C14H15Cl2N3O4. The first-order valence-electron chi connectivity index (χ1n) is 6.49. The van der Waals surface area contributed by atoms with Crippen molar-refractivity contribution < 1.29 is 20.4 Å². The fourth-order valence-electron chi connectivity index (χ4n) is 2.17. The summed E-state index contributed by atoms with van der Waals surface area (Å²) < 4.78 is 0. The maximum Gasteiger partial charge on any atom is 0.247 e. The van der Waals surface area contributed by atoms with E-state index in [-0.39, 0.29) is 21.8 Å². The van der Waals surface area contributed by atoms with Crippen LogP contribution in [0.5, 0.6) is 0 Å². The highest BCUT2D eigenvalue weighted by Crippen LogP contribution is 2.29. The van der Waals surface area contributed by atoms with Crippen molar-refractivity contribution in [1.29, 1.82) is 0 Å². The Hall–Kier alpha value is -1.48. The molecule has 0 unspecified atom stereocenters. The second-order valence-corrected chi connectivity index (χ2v) is 5.94. The average Bonchev–Trinajstić information content (AvgIpc) is 2.34. The Kier molecular flexibility index (Phi) is 4.81. The highest BCUT2D eigenvalue weighted by molar-refractivity contribution is 6.33. The van der Waals surface area contributed by atoms with Gasteiger partial charge < -0.3 is 20.4 Å². The Morgan fingerprint density at radius 1 is 0.870 bits per heavy atom. The van der Waals surface area contributed by atoms with Gasteiger partial charge in [-0.05, 0) is 24.3 Å². The van der Waals surface area contributed by atoms with E-state index in [4.69, 9.17) is 23.2 Å². The van der Waals surface area contributed by atoms with Gasteiger partial charge >= 0.3 is 0 Å². The zero-order valence-electron chi connectivity index (χ0n) is 12.3. The van der Waals surface area contributed by atoms with Gasteiger partial charge in [0.1, 0.15) is 10.3 Å². The minimum atomic E-state index is -2.49. The first kappa shape index (κ1) is 17.9. The quantitative estimate of drug-likeness (QED) is 0.484. The van der Waals surface area contributed by atoms with Gasteiger partial charge in [0.05, 0.1) is 0 Å². The van der Waals surface area contributed by atoms with Crippen molar-refractivity contribution in [1.82, 2.24) is 9.97 Å². The summed E-state index contributed by atoms with van der Waals surface area (Å²) in [6, 6.07) is 7.41. The number of aliphatic hydroxyl groups is 4. The standard InChI is InChI=1S/C14H15Cl2N3O4/c1-13(20,21)19(14(2,22)23)9-5-3-8(4-6-9)12-17-10(15)7-11(16)18-12/h3-7,20-23H,1-2H3. The number of anilines is 1. The minimum Gasteiger partial charge on any atom is -0.349 e. The van der Waals surface area contributed by atoms with Crippen LogP contribution in [0.3, 0.4) is 0 Å². The summed E-state index contributed by atoms with van der Waals surface area (Å²) in [5.74, 6) is -4.70. The number of aromatic nitrogens is 2. The van der Waals surface area contributed by atoms with Crippen LogP contribution in [0.4, 0.5) is 5.69 Å². The fourth-order valence-corrected chi connectivity index (χ4v) is 2.59. The van der Waals surface area contributed by atoms with E-state index in [1.165, 1.54) is 18.2 Å². The Bertz CT molecular complexity index is 662. The van der Waals surface area contributed by atoms with Crippen molar-refractivity contribution in [2.45, 2.75) is 25.7 Å². The molecule has 4 N–H and O–H groups in total. The van der Waals surface area contributed by atoms with Gasteiger partial charge in [0.25, 0.3) is 0 Å². The smallest absolute Gasteiger partial charge is 0.247 e. The molecule has 0 amide bonds. The van der Waals surface area contributed by atoms with E-state index in [2.05, 4.69) is 9.97 Å². The summed E-state index contributed by atoms with van der Waals surface area (Å²) >= 11 is 11.7. The highest BCUT2D eigenvalue weighted by Gasteiger charge is 2.39. The summed E-state index contributed by atoms with van der Waals surface area (Å²) in [4.78, 5) is 8.69. The van der Waals surface area contributed by atoms with Crippen molar-refractivity contribution in [3.63, 3.8) is 0 Å². The summed E-state index contributed by atoms with van der Waals surface area (Å²) in [7, 11) is 0. The summed E-state index contributed by atoms with van der Waals surface area (Å²) in [5, 5.41) is 39.3. The van der Waals surface area contributed by atoms with Crippen molar-refractivity contribution in [2.75, 3.05) is 4.90 Å². The maximum absolute atomic E-state index is 9.73. The molecule has 1 heterocycles. The molecule has 0 aliphatic heterocycles. The Balaban J connectivity index is 2.42. The molecule has 0 aliphatic carbocycles. The predicted molar refractivity (Wildman–Crippen MR) is 85.7 cm³/mol. The Morgan fingerprint density at radius 2 is 1.30 bits per heavy atom. The first-order valence-corrected chi connectivity index (χ1v) is 7.24. The largest absolute Gasteiger partial charge is 0.349 e. The zero-order chi connectivity index (χ0) is 17.4. The zero-order valence-corrected chi connectivity index (χ0v) is 13.8. The van der Waals surface area contributed by atoms with Gasteiger partial charge in [-0.3, -0.25) is 4.90 Å². The van der Waals surface area contributed by atoms with Gasteiger partial charge in [-0.25, -0.2) is 9.97 Å². The van der Waals surface area contributed by atoms with Gasteiger partial charge in [0, 0.05) is 31.2 Å². The van der Waals surface area contributed by atoms with Crippen LogP contribution >= 0.6 is 23.2 Å². The van der Waals surface area contributed by atoms with Crippen LogP contribution in [0.15, 0.2) is 30.3 Å². The van der Waals surface area contributed by atoms with Crippen LogP contribution in [-0.2, 0) is 0 Å². The number of benzene rings is 1. The van der Waals surface area contributed by atoms with Crippen molar-refractivity contribution >= 4 is 28.9 Å². The van der Waals surface area contributed by atoms with Crippen LogP contribution in [-0.4, -0.2) is 42.2 Å². The van der Waals surface area contributed by atoms with Gasteiger partial charge in [0.2, 0.25) is 11.8 Å². The topological polar surface area (TPSA) is 110 Å². The van der Waals surface area contributed by atoms with Crippen molar-refractivity contribution in [3.05, 3.63) is 40.6 Å². The molecular weight excluding hydrogens is 345 g/mol. The molecule has 0 saturated carbocycles. The van der Waals surface area contributed by atoms with Crippen LogP contribution in [0, 0.1) is 0 Å². The maximum atomic E-state index is 9.73. The summed E-state index contributed by atoms with van der Waals surface area (Å²) in [5.41, 5.74) is 0.718. The van der Waals surface area contributed by atoms with Crippen LogP contribution in [0.25, 0.3) is 11.4 Å². The molecule has 0 atom stereocenters. The molecule has 9 heteroatoms. The average molecular weight is 360 g/mol. The van der Waals surface area contributed by atoms with Gasteiger partial charge in [-0.2, -0.15) is 0 Å². The van der Waals surface area contributed by atoms with Gasteiger partial charge in [-0.15, -0.1) is 0 Å². The molecule has 0 bridgehead atoms. The number of nitrogens with zero attached hydrogens (tertiary/aromatic N) is 3. The normalized spacial score (nSPS) is 12.3. The molecule has 0 radical (unpaired) electrons. The predicted octanol–water partition coefficient (Wildman–Crippen LogP) is 1.57. The molecule has 2 rings (SSSR count). The third-order valence-corrected chi connectivity index (χ3v) is 3.28. The molecule has 124 valence electrons.